The van der Waals surface area contributed by atoms with Crippen molar-refractivity contribution in [3.63, 3.8) is 0 Å². The number of aryl methyl sites for hydroxylation is 3. The molecule has 0 spiro atoms. The molecule has 1 heteroatoms. The fourth-order valence-electron chi connectivity index (χ4n) is 3.36. The van der Waals surface area contributed by atoms with Gasteiger partial charge in [-0.05, 0) is 68.6 Å². The predicted molar refractivity (Wildman–Crippen MR) is 74.2 cm³/mol. The van der Waals surface area contributed by atoms with Crippen molar-refractivity contribution in [2.45, 2.75) is 53.0 Å². The Bertz CT molecular complexity index is 385. The first-order valence-corrected chi connectivity index (χ1v) is 6.81. The summed E-state index contributed by atoms with van der Waals surface area (Å²) < 4.78 is 0. The maximum Gasteiger partial charge on any atom is 0.00673 e. The summed E-state index contributed by atoms with van der Waals surface area (Å²) in [6, 6.07) is 5.04. The quantitative estimate of drug-likeness (QED) is 0.828. The van der Waals surface area contributed by atoms with E-state index >= 15 is 0 Å². The molecule has 94 valence electrons. The second-order valence-corrected chi connectivity index (χ2v) is 5.94. The van der Waals surface area contributed by atoms with E-state index in [0.717, 1.165) is 5.92 Å². The van der Waals surface area contributed by atoms with Crippen LogP contribution in [0.5, 0.6) is 0 Å². The van der Waals surface area contributed by atoms with Crippen LogP contribution in [-0.2, 0) is 6.42 Å². The molecular formula is C16H25N. The molecule has 1 aromatic carbocycles. The normalized spacial score (nSPS) is 28.6. The number of benzene rings is 1. The largest absolute Gasteiger partial charge is 0.327 e. The van der Waals surface area contributed by atoms with E-state index in [-0.39, 0.29) is 0 Å². The van der Waals surface area contributed by atoms with Crippen LogP contribution < -0.4 is 5.73 Å². The van der Waals surface area contributed by atoms with Gasteiger partial charge in [-0.1, -0.05) is 24.6 Å². The zero-order valence-electron chi connectivity index (χ0n) is 11.6. The molecule has 1 saturated carbocycles. The van der Waals surface area contributed by atoms with Gasteiger partial charge in [-0.3, -0.25) is 0 Å². The third kappa shape index (κ3) is 2.55. The molecule has 2 N–H and O–H groups in total. The first-order chi connectivity index (χ1) is 7.99. The third-order valence-electron chi connectivity index (χ3n) is 4.60. The van der Waals surface area contributed by atoms with Gasteiger partial charge >= 0.3 is 0 Å². The average molecular weight is 231 g/mol. The van der Waals surface area contributed by atoms with Gasteiger partial charge in [0.15, 0.2) is 0 Å². The summed E-state index contributed by atoms with van der Waals surface area (Å²) in [6.45, 7) is 8.99. The molecule has 3 unspecified atom stereocenters. The molecule has 0 saturated heterocycles. The lowest BCUT2D eigenvalue weighted by molar-refractivity contribution is 0.389. The first-order valence-electron chi connectivity index (χ1n) is 6.81. The van der Waals surface area contributed by atoms with E-state index in [1.165, 1.54) is 36.0 Å². The molecule has 1 aromatic rings. The highest BCUT2D eigenvalue weighted by molar-refractivity contribution is 5.37. The average Bonchev–Trinajstić information content (AvgIpc) is 2.54. The van der Waals surface area contributed by atoms with Gasteiger partial charge in [-0.15, -0.1) is 0 Å². The molecule has 1 nitrogen and oxygen atoms in total. The Morgan fingerprint density at radius 2 is 1.71 bits per heavy atom. The lowest BCUT2D eigenvalue weighted by Crippen LogP contribution is -2.26. The molecular weight excluding hydrogens is 206 g/mol. The molecule has 17 heavy (non-hydrogen) atoms. The Morgan fingerprint density at radius 3 is 2.18 bits per heavy atom. The summed E-state index contributed by atoms with van der Waals surface area (Å²) in [4.78, 5) is 0. The number of nitrogens with two attached hydrogens (primary N) is 1. The standard InChI is InChI=1S/C16H25N/c1-10-7-11(2)15(12(3)8-10)9-14-5-6-16(17)13(14)4/h7-8,13-14,16H,5-6,9,17H2,1-4H3. The lowest BCUT2D eigenvalue weighted by atomic mass is 9.86. The zero-order valence-corrected chi connectivity index (χ0v) is 11.6. The summed E-state index contributed by atoms with van der Waals surface area (Å²) in [5.41, 5.74) is 12.0. The van der Waals surface area contributed by atoms with Crippen molar-refractivity contribution in [2.75, 3.05) is 0 Å². The van der Waals surface area contributed by atoms with Crippen molar-refractivity contribution in [1.82, 2.24) is 0 Å². The summed E-state index contributed by atoms with van der Waals surface area (Å²) in [6.07, 6.45) is 3.72. The van der Waals surface area contributed by atoms with E-state index in [4.69, 9.17) is 5.73 Å². The number of hydrogen-bond acceptors (Lipinski definition) is 1. The van der Waals surface area contributed by atoms with Gasteiger partial charge in [0.05, 0.1) is 0 Å². The Labute approximate surface area is 105 Å². The van der Waals surface area contributed by atoms with Crippen LogP contribution in [0.3, 0.4) is 0 Å². The molecule has 1 fully saturated rings. The molecule has 1 aliphatic carbocycles. The molecule has 0 aromatic heterocycles. The zero-order chi connectivity index (χ0) is 12.6. The Kier molecular flexibility index (Phi) is 3.58. The predicted octanol–water partition coefficient (Wildman–Crippen LogP) is 3.53. The highest BCUT2D eigenvalue weighted by Crippen LogP contribution is 2.34. The highest BCUT2D eigenvalue weighted by atomic mass is 14.7. The smallest absolute Gasteiger partial charge is 0.00673 e. The highest BCUT2D eigenvalue weighted by Gasteiger charge is 2.30. The van der Waals surface area contributed by atoms with Crippen molar-refractivity contribution < 1.29 is 0 Å². The van der Waals surface area contributed by atoms with Gasteiger partial charge in [-0.25, -0.2) is 0 Å². The van der Waals surface area contributed by atoms with Crippen LogP contribution in [0.15, 0.2) is 12.1 Å². The monoisotopic (exact) mass is 231 g/mol. The Morgan fingerprint density at radius 1 is 1.12 bits per heavy atom. The van der Waals surface area contributed by atoms with Gasteiger partial charge in [-0.2, -0.15) is 0 Å². The fourth-order valence-corrected chi connectivity index (χ4v) is 3.36. The molecule has 3 atom stereocenters. The van der Waals surface area contributed by atoms with Gasteiger partial charge in [0, 0.05) is 6.04 Å². The van der Waals surface area contributed by atoms with Crippen LogP contribution in [0.2, 0.25) is 0 Å². The van der Waals surface area contributed by atoms with E-state index in [1.54, 1.807) is 5.56 Å². The third-order valence-corrected chi connectivity index (χ3v) is 4.60. The maximum absolute atomic E-state index is 6.12. The van der Waals surface area contributed by atoms with Crippen LogP contribution in [0.25, 0.3) is 0 Å². The number of rotatable bonds is 2. The molecule has 0 aliphatic heterocycles. The van der Waals surface area contributed by atoms with E-state index in [2.05, 4.69) is 39.8 Å². The van der Waals surface area contributed by atoms with E-state index in [0.29, 0.717) is 12.0 Å². The SMILES string of the molecule is Cc1cc(C)c(CC2CCC(N)C2C)c(C)c1. The van der Waals surface area contributed by atoms with Crippen molar-refractivity contribution in [2.24, 2.45) is 17.6 Å². The van der Waals surface area contributed by atoms with Gasteiger partial charge in [0.2, 0.25) is 0 Å². The van der Waals surface area contributed by atoms with E-state index in [9.17, 15) is 0 Å². The van der Waals surface area contributed by atoms with Crippen LogP contribution in [0.1, 0.15) is 42.0 Å². The van der Waals surface area contributed by atoms with Crippen LogP contribution >= 0.6 is 0 Å². The minimum absolute atomic E-state index is 0.422. The van der Waals surface area contributed by atoms with Crippen molar-refractivity contribution in [1.29, 1.82) is 0 Å². The lowest BCUT2D eigenvalue weighted by Gasteiger charge is -2.20. The number of hydrogen-bond donors (Lipinski definition) is 1. The minimum atomic E-state index is 0.422. The molecule has 1 aliphatic rings. The second kappa shape index (κ2) is 4.81. The van der Waals surface area contributed by atoms with Crippen molar-refractivity contribution in [3.05, 3.63) is 34.4 Å². The summed E-state index contributed by atoms with van der Waals surface area (Å²) >= 11 is 0. The fraction of sp³-hybridized carbons (Fsp3) is 0.625. The van der Waals surface area contributed by atoms with E-state index < -0.39 is 0 Å². The summed E-state index contributed by atoms with van der Waals surface area (Å²) in [7, 11) is 0. The summed E-state index contributed by atoms with van der Waals surface area (Å²) in [5.74, 6) is 1.46. The first kappa shape index (κ1) is 12.6. The van der Waals surface area contributed by atoms with Crippen molar-refractivity contribution >= 4 is 0 Å². The maximum atomic E-state index is 6.12. The van der Waals surface area contributed by atoms with Crippen LogP contribution in [-0.4, -0.2) is 6.04 Å². The van der Waals surface area contributed by atoms with Crippen LogP contribution in [0, 0.1) is 32.6 Å². The van der Waals surface area contributed by atoms with Gasteiger partial charge < -0.3 is 5.73 Å². The molecule has 0 bridgehead atoms. The van der Waals surface area contributed by atoms with E-state index in [1.807, 2.05) is 0 Å². The molecule has 0 radical (unpaired) electrons. The Hall–Kier alpha value is -0.820. The molecule has 0 amide bonds. The summed E-state index contributed by atoms with van der Waals surface area (Å²) in [5, 5.41) is 0. The van der Waals surface area contributed by atoms with Crippen LogP contribution in [0.4, 0.5) is 0 Å². The van der Waals surface area contributed by atoms with Crippen molar-refractivity contribution in [3.8, 4) is 0 Å². The van der Waals surface area contributed by atoms with Gasteiger partial charge in [0.1, 0.15) is 0 Å². The Balaban J connectivity index is 2.19. The molecule has 2 rings (SSSR count). The van der Waals surface area contributed by atoms with Gasteiger partial charge in [0.25, 0.3) is 0 Å². The molecule has 0 heterocycles. The second-order valence-electron chi connectivity index (χ2n) is 5.94. The topological polar surface area (TPSA) is 26.0 Å². The minimum Gasteiger partial charge on any atom is -0.327 e.